The second-order valence-corrected chi connectivity index (χ2v) is 6.23. The summed E-state index contributed by atoms with van der Waals surface area (Å²) in [4.78, 5) is 18.0. The van der Waals surface area contributed by atoms with Gasteiger partial charge in [-0.2, -0.15) is 4.89 Å². The SMILES string of the molecule is CCc1ccc2c(c1)C(=O)c1ccccc1C2(OO)Oc1ccccc1. The molecule has 130 valence electrons. The predicted molar refractivity (Wildman–Crippen MR) is 97.3 cm³/mol. The zero-order valence-corrected chi connectivity index (χ0v) is 14.3. The first-order chi connectivity index (χ1) is 12.7. The number of ether oxygens (including phenoxy) is 1. The van der Waals surface area contributed by atoms with Crippen LogP contribution < -0.4 is 4.74 Å². The van der Waals surface area contributed by atoms with E-state index in [0.29, 0.717) is 28.0 Å². The van der Waals surface area contributed by atoms with Crippen LogP contribution in [0.4, 0.5) is 0 Å². The average molecular weight is 346 g/mol. The number of ketones is 1. The minimum absolute atomic E-state index is 0.102. The Labute approximate surface area is 151 Å². The van der Waals surface area contributed by atoms with Gasteiger partial charge in [0.2, 0.25) is 0 Å². The summed E-state index contributed by atoms with van der Waals surface area (Å²) in [6, 6.07) is 21.7. The lowest BCUT2D eigenvalue weighted by molar-refractivity contribution is -0.373. The molecule has 0 aromatic heterocycles. The van der Waals surface area contributed by atoms with Gasteiger partial charge in [0.25, 0.3) is 5.79 Å². The number of hydrogen-bond donors (Lipinski definition) is 1. The Morgan fingerprint density at radius 3 is 2.31 bits per heavy atom. The Morgan fingerprint density at radius 2 is 1.58 bits per heavy atom. The van der Waals surface area contributed by atoms with Gasteiger partial charge in [-0.1, -0.05) is 61.5 Å². The Balaban J connectivity index is 1.99. The van der Waals surface area contributed by atoms with Crippen LogP contribution in [0.3, 0.4) is 0 Å². The van der Waals surface area contributed by atoms with Crippen LogP contribution in [0.1, 0.15) is 39.5 Å². The molecule has 0 heterocycles. The van der Waals surface area contributed by atoms with Crippen molar-refractivity contribution in [3.8, 4) is 5.75 Å². The van der Waals surface area contributed by atoms with E-state index in [4.69, 9.17) is 9.62 Å². The van der Waals surface area contributed by atoms with Crippen molar-refractivity contribution in [2.24, 2.45) is 0 Å². The lowest BCUT2D eigenvalue weighted by atomic mass is 9.79. The largest absolute Gasteiger partial charge is 0.451 e. The van der Waals surface area contributed by atoms with E-state index in [9.17, 15) is 10.1 Å². The molecule has 0 saturated carbocycles. The zero-order chi connectivity index (χ0) is 18.1. The van der Waals surface area contributed by atoms with E-state index < -0.39 is 5.79 Å². The second-order valence-electron chi connectivity index (χ2n) is 6.23. The molecule has 0 fully saturated rings. The average Bonchev–Trinajstić information content (AvgIpc) is 2.71. The van der Waals surface area contributed by atoms with E-state index in [2.05, 4.69) is 0 Å². The fourth-order valence-corrected chi connectivity index (χ4v) is 3.43. The van der Waals surface area contributed by atoms with Crippen molar-refractivity contribution in [3.05, 3.63) is 101 Å². The van der Waals surface area contributed by atoms with Crippen molar-refractivity contribution in [2.45, 2.75) is 19.1 Å². The number of hydrogen-bond acceptors (Lipinski definition) is 4. The van der Waals surface area contributed by atoms with Crippen molar-refractivity contribution in [3.63, 3.8) is 0 Å². The van der Waals surface area contributed by atoms with Crippen LogP contribution in [0.5, 0.6) is 5.75 Å². The van der Waals surface area contributed by atoms with Gasteiger partial charge in [-0.25, -0.2) is 5.26 Å². The minimum Gasteiger partial charge on any atom is -0.451 e. The topological polar surface area (TPSA) is 55.8 Å². The minimum atomic E-state index is -1.60. The quantitative estimate of drug-likeness (QED) is 0.427. The molecule has 0 amide bonds. The molecule has 4 heteroatoms. The fraction of sp³-hybridized carbons (Fsp3) is 0.136. The first-order valence-corrected chi connectivity index (χ1v) is 8.54. The molecule has 1 atom stereocenters. The molecule has 0 spiro atoms. The number of benzene rings is 3. The molecule has 3 aromatic rings. The maximum atomic E-state index is 13.0. The van der Waals surface area contributed by atoms with Gasteiger partial charge in [0.1, 0.15) is 5.75 Å². The molecule has 1 N–H and O–H groups in total. The third kappa shape index (κ3) is 2.43. The molecule has 26 heavy (non-hydrogen) atoms. The van der Waals surface area contributed by atoms with Crippen LogP contribution in [0, 0.1) is 0 Å². The number of rotatable bonds is 4. The highest BCUT2D eigenvalue weighted by Gasteiger charge is 2.48. The number of carbonyl (C=O) groups excluding carboxylic acids is 1. The summed E-state index contributed by atoms with van der Waals surface area (Å²) in [5.74, 6) is -1.18. The van der Waals surface area contributed by atoms with Gasteiger partial charge in [0.05, 0.1) is 0 Å². The van der Waals surface area contributed by atoms with E-state index in [1.807, 2.05) is 37.3 Å². The highest BCUT2D eigenvalue weighted by Crippen LogP contribution is 2.43. The smallest absolute Gasteiger partial charge is 0.294 e. The van der Waals surface area contributed by atoms with Gasteiger partial charge >= 0.3 is 0 Å². The molecule has 1 aliphatic carbocycles. The van der Waals surface area contributed by atoms with Gasteiger partial charge in [0.15, 0.2) is 5.78 Å². The summed E-state index contributed by atoms with van der Waals surface area (Å²) in [5.41, 5.74) is 2.94. The molecule has 0 bridgehead atoms. The molecule has 1 unspecified atom stereocenters. The van der Waals surface area contributed by atoms with Crippen LogP contribution in [-0.4, -0.2) is 11.0 Å². The molecule has 0 saturated heterocycles. The number of carbonyl (C=O) groups is 1. The molecule has 4 nitrogen and oxygen atoms in total. The third-order valence-electron chi connectivity index (χ3n) is 4.75. The van der Waals surface area contributed by atoms with Crippen LogP contribution in [0.25, 0.3) is 0 Å². The zero-order valence-electron chi connectivity index (χ0n) is 14.3. The third-order valence-corrected chi connectivity index (χ3v) is 4.75. The molecule has 0 aliphatic heterocycles. The highest BCUT2D eigenvalue weighted by atomic mass is 17.1. The molecule has 0 radical (unpaired) electrons. The first kappa shape index (κ1) is 16.5. The van der Waals surface area contributed by atoms with Gasteiger partial charge in [-0.05, 0) is 30.2 Å². The number of para-hydroxylation sites is 1. The van der Waals surface area contributed by atoms with E-state index in [-0.39, 0.29) is 5.78 Å². The van der Waals surface area contributed by atoms with Gasteiger partial charge < -0.3 is 4.74 Å². The van der Waals surface area contributed by atoms with Crippen LogP contribution in [0.15, 0.2) is 72.8 Å². The van der Waals surface area contributed by atoms with Crippen molar-refractivity contribution in [1.29, 1.82) is 0 Å². The van der Waals surface area contributed by atoms with Crippen LogP contribution in [0.2, 0.25) is 0 Å². The fourth-order valence-electron chi connectivity index (χ4n) is 3.43. The summed E-state index contributed by atoms with van der Waals surface area (Å²) in [5, 5.41) is 9.97. The maximum absolute atomic E-state index is 13.0. The summed E-state index contributed by atoms with van der Waals surface area (Å²) < 4.78 is 6.14. The molecular weight excluding hydrogens is 328 g/mol. The predicted octanol–water partition coefficient (Wildman–Crippen LogP) is 4.56. The molecule has 3 aromatic carbocycles. The Kier molecular flexibility index (Phi) is 4.07. The van der Waals surface area contributed by atoms with Crippen molar-refractivity contribution >= 4 is 5.78 Å². The standard InChI is InChI=1S/C22H18O4/c1-2-15-12-13-20-18(14-15)21(23)17-10-6-7-11-19(17)22(20,26-24)25-16-8-4-3-5-9-16/h3-14,24H,2H2,1H3. The first-order valence-electron chi connectivity index (χ1n) is 8.54. The molecular formula is C22H18O4. The summed E-state index contributed by atoms with van der Waals surface area (Å²) in [6.07, 6.45) is 0.800. The van der Waals surface area contributed by atoms with E-state index >= 15 is 0 Å². The van der Waals surface area contributed by atoms with Crippen molar-refractivity contribution in [1.82, 2.24) is 0 Å². The summed E-state index contributed by atoms with van der Waals surface area (Å²) in [7, 11) is 0. The van der Waals surface area contributed by atoms with Crippen LogP contribution in [-0.2, 0) is 17.1 Å². The van der Waals surface area contributed by atoms with Crippen LogP contribution >= 0.6 is 0 Å². The van der Waals surface area contributed by atoms with Crippen molar-refractivity contribution in [2.75, 3.05) is 0 Å². The molecule has 4 rings (SSSR count). The Morgan fingerprint density at radius 1 is 0.885 bits per heavy atom. The van der Waals surface area contributed by atoms with Gasteiger partial charge in [-0.15, -0.1) is 0 Å². The van der Waals surface area contributed by atoms with E-state index in [1.54, 1.807) is 42.5 Å². The highest BCUT2D eigenvalue weighted by molar-refractivity contribution is 6.13. The molecule has 1 aliphatic rings. The van der Waals surface area contributed by atoms with E-state index in [0.717, 1.165) is 12.0 Å². The number of aryl methyl sites for hydroxylation is 1. The van der Waals surface area contributed by atoms with E-state index in [1.165, 1.54) is 0 Å². The summed E-state index contributed by atoms with van der Waals surface area (Å²) >= 11 is 0. The normalized spacial score (nSPS) is 18.2. The Bertz CT molecular complexity index is 965. The monoisotopic (exact) mass is 346 g/mol. The maximum Gasteiger partial charge on any atom is 0.294 e. The summed E-state index contributed by atoms with van der Waals surface area (Å²) in [6.45, 7) is 2.03. The lowest BCUT2D eigenvalue weighted by Gasteiger charge is -2.37. The van der Waals surface area contributed by atoms with Gasteiger partial charge in [-0.3, -0.25) is 4.79 Å². The van der Waals surface area contributed by atoms with Crippen molar-refractivity contribution < 1.29 is 19.7 Å². The van der Waals surface area contributed by atoms with Gasteiger partial charge in [0, 0.05) is 22.3 Å². The Hall–Kier alpha value is -2.95. The second kappa shape index (κ2) is 6.41. The lowest BCUT2D eigenvalue weighted by Crippen LogP contribution is -2.42. The number of fused-ring (bicyclic) bond motifs is 2.